The van der Waals surface area contributed by atoms with Crippen molar-refractivity contribution in [3.8, 4) is 16.9 Å². The van der Waals surface area contributed by atoms with Crippen molar-refractivity contribution in [3.05, 3.63) is 54.6 Å². The zero-order valence-electron chi connectivity index (χ0n) is 16.1. The molecular weight excluding hydrogens is 356 g/mol. The van der Waals surface area contributed by atoms with Gasteiger partial charge >= 0.3 is 0 Å². The lowest BCUT2D eigenvalue weighted by molar-refractivity contribution is -0.119. The predicted molar refractivity (Wildman–Crippen MR) is 112 cm³/mol. The highest BCUT2D eigenvalue weighted by Gasteiger charge is 2.15. The fourth-order valence-corrected chi connectivity index (χ4v) is 3.55. The second kappa shape index (κ2) is 8.01. The van der Waals surface area contributed by atoms with Crippen molar-refractivity contribution in [2.75, 3.05) is 12.9 Å². The topological polar surface area (TPSA) is 51.2 Å². The van der Waals surface area contributed by atoms with E-state index < -0.39 is 0 Å². The number of amides is 1. The fourth-order valence-electron chi connectivity index (χ4n) is 2.84. The van der Waals surface area contributed by atoms with Crippen LogP contribution in [0, 0.1) is 0 Å². The third kappa shape index (κ3) is 5.01. The molecule has 1 heterocycles. The number of benzene rings is 2. The van der Waals surface area contributed by atoms with Gasteiger partial charge in [0, 0.05) is 17.0 Å². The summed E-state index contributed by atoms with van der Waals surface area (Å²) in [6.07, 6.45) is 0. The molecule has 0 aliphatic carbocycles. The quantitative estimate of drug-likeness (QED) is 0.639. The maximum absolute atomic E-state index is 12.2. The summed E-state index contributed by atoms with van der Waals surface area (Å²) >= 11 is 1.44. The van der Waals surface area contributed by atoms with Crippen molar-refractivity contribution >= 4 is 28.6 Å². The largest absolute Gasteiger partial charge is 0.497 e. The van der Waals surface area contributed by atoms with Crippen LogP contribution in [0.15, 0.2) is 59.6 Å². The highest BCUT2D eigenvalue weighted by Crippen LogP contribution is 2.33. The van der Waals surface area contributed by atoms with Gasteiger partial charge in [-0.2, -0.15) is 0 Å². The lowest BCUT2D eigenvalue weighted by atomic mass is 10.0. The van der Waals surface area contributed by atoms with E-state index in [0.29, 0.717) is 5.75 Å². The van der Waals surface area contributed by atoms with E-state index in [4.69, 9.17) is 9.72 Å². The molecular formula is C22H24N2O2S. The van der Waals surface area contributed by atoms with Crippen LogP contribution in [0.3, 0.4) is 0 Å². The molecule has 140 valence electrons. The van der Waals surface area contributed by atoms with E-state index in [2.05, 4.69) is 23.5 Å². The molecule has 0 spiro atoms. The van der Waals surface area contributed by atoms with Crippen LogP contribution in [0.2, 0.25) is 0 Å². The summed E-state index contributed by atoms with van der Waals surface area (Å²) < 4.78 is 5.35. The molecule has 0 bridgehead atoms. The second-order valence-electron chi connectivity index (χ2n) is 7.34. The van der Waals surface area contributed by atoms with Crippen molar-refractivity contribution in [2.45, 2.75) is 31.3 Å². The van der Waals surface area contributed by atoms with E-state index in [-0.39, 0.29) is 11.4 Å². The number of nitrogens with one attached hydrogen (secondary N) is 1. The molecule has 0 fully saturated rings. The van der Waals surface area contributed by atoms with Gasteiger partial charge in [0.2, 0.25) is 5.91 Å². The molecule has 0 saturated heterocycles. The number of thioether (sulfide) groups is 1. The van der Waals surface area contributed by atoms with Crippen LogP contribution in [0.4, 0.5) is 0 Å². The maximum Gasteiger partial charge on any atom is 0.230 e. The minimum Gasteiger partial charge on any atom is -0.497 e. The average Bonchev–Trinajstić information content (AvgIpc) is 2.64. The molecule has 1 N–H and O–H groups in total. The second-order valence-corrected chi connectivity index (χ2v) is 8.34. The Labute approximate surface area is 164 Å². The van der Waals surface area contributed by atoms with Gasteiger partial charge in [-0.15, -0.1) is 0 Å². The van der Waals surface area contributed by atoms with Gasteiger partial charge < -0.3 is 10.1 Å². The van der Waals surface area contributed by atoms with Crippen LogP contribution in [0.5, 0.6) is 5.75 Å². The van der Waals surface area contributed by atoms with Crippen LogP contribution in [-0.4, -0.2) is 29.3 Å². The molecule has 1 amide bonds. The first-order valence-electron chi connectivity index (χ1n) is 8.84. The van der Waals surface area contributed by atoms with Crippen LogP contribution in [-0.2, 0) is 4.79 Å². The first kappa shape index (κ1) is 19.2. The molecule has 0 radical (unpaired) electrons. The number of hydrogen-bond acceptors (Lipinski definition) is 4. The van der Waals surface area contributed by atoms with E-state index in [0.717, 1.165) is 32.8 Å². The number of ether oxygens (including phenoxy) is 1. The van der Waals surface area contributed by atoms with Crippen LogP contribution in [0.25, 0.3) is 22.0 Å². The van der Waals surface area contributed by atoms with E-state index in [1.165, 1.54) is 11.8 Å². The zero-order chi connectivity index (χ0) is 19.4. The number of hydrogen-bond donors (Lipinski definition) is 1. The number of fused-ring (bicyclic) bond motifs is 1. The molecule has 0 aliphatic heterocycles. The number of aromatic nitrogens is 1. The zero-order valence-corrected chi connectivity index (χ0v) is 16.9. The molecule has 3 aromatic rings. The normalized spacial score (nSPS) is 11.4. The van der Waals surface area contributed by atoms with E-state index >= 15 is 0 Å². The first-order chi connectivity index (χ1) is 12.9. The van der Waals surface area contributed by atoms with Gasteiger partial charge in [-0.3, -0.25) is 4.79 Å². The van der Waals surface area contributed by atoms with Crippen molar-refractivity contribution in [1.82, 2.24) is 10.3 Å². The number of rotatable bonds is 5. The molecule has 0 unspecified atom stereocenters. The summed E-state index contributed by atoms with van der Waals surface area (Å²) in [7, 11) is 1.65. The standard InChI is InChI=1S/C22H24N2O2S/c1-22(2,3)24-20(25)14-27-21-13-18(15-8-6-5-7-9-15)17-11-10-16(26-4)12-19(17)23-21/h5-13H,14H2,1-4H3,(H,24,25). The number of carbonyl (C=O) groups is 1. The summed E-state index contributed by atoms with van der Waals surface area (Å²) in [6, 6.07) is 18.2. The predicted octanol–water partition coefficient (Wildman–Crippen LogP) is 4.92. The Morgan fingerprint density at radius 1 is 1.11 bits per heavy atom. The van der Waals surface area contributed by atoms with Gasteiger partial charge in [0.25, 0.3) is 0 Å². The summed E-state index contributed by atoms with van der Waals surface area (Å²) in [4.78, 5) is 16.9. The van der Waals surface area contributed by atoms with E-state index in [1.54, 1.807) is 7.11 Å². The minimum atomic E-state index is -0.239. The number of carbonyl (C=O) groups excluding carboxylic acids is 1. The van der Waals surface area contributed by atoms with Crippen LogP contribution < -0.4 is 10.1 Å². The van der Waals surface area contributed by atoms with Crippen molar-refractivity contribution in [2.24, 2.45) is 0 Å². The summed E-state index contributed by atoms with van der Waals surface area (Å²) in [6.45, 7) is 5.93. The Balaban J connectivity index is 1.97. The van der Waals surface area contributed by atoms with Crippen LogP contribution in [0.1, 0.15) is 20.8 Å². The Hall–Kier alpha value is -2.53. The molecule has 27 heavy (non-hydrogen) atoms. The fraction of sp³-hybridized carbons (Fsp3) is 0.273. The smallest absolute Gasteiger partial charge is 0.230 e. The third-order valence-electron chi connectivity index (χ3n) is 3.94. The maximum atomic E-state index is 12.2. The lowest BCUT2D eigenvalue weighted by Crippen LogP contribution is -2.41. The number of pyridine rings is 1. The lowest BCUT2D eigenvalue weighted by Gasteiger charge is -2.20. The summed E-state index contributed by atoms with van der Waals surface area (Å²) in [5.41, 5.74) is 2.84. The van der Waals surface area contributed by atoms with Gasteiger partial charge in [0.1, 0.15) is 5.75 Å². The van der Waals surface area contributed by atoms with Gasteiger partial charge in [0.15, 0.2) is 0 Å². The highest BCUT2D eigenvalue weighted by molar-refractivity contribution is 7.99. The molecule has 0 saturated carbocycles. The van der Waals surface area contributed by atoms with Crippen molar-refractivity contribution < 1.29 is 9.53 Å². The average molecular weight is 381 g/mol. The van der Waals surface area contributed by atoms with Gasteiger partial charge in [-0.1, -0.05) is 42.1 Å². The van der Waals surface area contributed by atoms with E-state index in [1.807, 2.05) is 57.2 Å². The monoisotopic (exact) mass is 380 g/mol. The molecule has 0 aliphatic rings. The number of methoxy groups -OCH3 is 1. The van der Waals surface area contributed by atoms with Gasteiger partial charge in [-0.05, 0) is 50.1 Å². The Morgan fingerprint density at radius 3 is 2.52 bits per heavy atom. The Morgan fingerprint density at radius 2 is 1.85 bits per heavy atom. The summed E-state index contributed by atoms with van der Waals surface area (Å²) in [5, 5.41) is 4.86. The Bertz CT molecular complexity index is 950. The SMILES string of the molecule is COc1ccc2c(-c3ccccc3)cc(SCC(=O)NC(C)(C)C)nc2c1. The van der Waals surface area contributed by atoms with E-state index in [9.17, 15) is 4.79 Å². The first-order valence-corrected chi connectivity index (χ1v) is 9.82. The van der Waals surface area contributed by atoms with Crippen molar-refractivity contribution in [3.63, 3.8) is 0 Å². The third-order valence-corrected chi connectivity index (χ3v) is 4.86. The van der Waals surface area contributed by atoms with Crippen LogP contribution >= 0.6 is 11.8 Å². The molecule has 5 heteroatoms. The Kier molecular flexibility index (Phi) is 5.71. The minimum absolute atomic E-state index is 0.00120. The highest BCUT2D eigenvalue weighted by atomic mass is 32.2. The molecule has 0 atom stereocenters. The van der Waals surface area contributed by atoms with Crippen molar-refractivity contribution in [1.29, 1.82) is 0 Å². The van der Waals surface area contributed by atoms with Gasteiger partial charge in [-0.25, -0.2) is 4.98 Å². The summed E-state index contributed by atoms with van der Waals surface area (Å²) in [5.74, 6) is 1.09. The molecule has 2 aromatic carbocycles. The molecule has 4 nitrogen and oxygen atoms in total. The number of nitrogens with zero attached hydrogens (tertiary/aromatic N) is 1. The molecule has 3 rings (SSSR count). The molecule has 1 aromatic heterocycles. The van der Waals surface area contributed by atoms with Gasteiger partial charge in [0.05, 0.1) is 23.4 Å².